The summed E-state index contributed by atoms with van der Waals surface area (Å²) < 4.78 is 25.1. The maximum Gasteiger partial charge on any atom is 0.433 e. The molecule has 4 rings (SSSR count). The summed E-state index contributed by atoms with van der Waals surface area (Å²) in [4.78, 5) is 27.5. The fraction of sp³-hybridized carbons (Fsp3) is 0.421. The van der Waals surface area contributed by atoms with Crippen molar-refractivity contribution >= 4 is 23.4 Å². The first-order valence-electron chi connectivity index (χ1n) is 9.63. The van der Waals surface area contributed by atoms with E-state index in [0.29, 0.717) is 56.4 Å². The Bertz CT molecular complexity index is 943. The lowest BCUT2D eigenvalue weighted by atomic mass is 10.2. The number of furan rings is 1. The standard InChI is InChI=1S/C19H22FN5O5/c20-16-9-13(24-12-15(10-21)30-19(24)26)1-3-17(16)23-7-5-22(6-8-23)11-14-2-4-18(29-14)25(27)28/h1-4,9,15H,5-8,10-12,21H2. The summed E-state index contributed by atoms with van der Waals surface area (Å²) in [5.41, 5.74) is 6.45. The molecule has 2 aliphatic rings. The SMILES string of the molecule is NCC1CN(c2ccc(N3CCN(Cc4ccc([N+](=O)[O-])o4)CC3)c(F)c2)C(=O)O1. The number of ether oxygens (including phenoxy) is 1. The summed E-state index contributed by atoms with van der Waals surface area (Å²) in [6, 6.07) is 7.64. The van der Waals surface area contributed by atoms with E-state index in [-0.39, 0.29) is 18.5 Å². The Morgan fingerprint density at radius 3 is 2.57 bits per heavy atom. The summed E-state index contributed by atoms with van der Waals surface area (Å²) in [5, 5.41) is 10.7. The third-order valence-electron chi connectivity index (χ3n) is 5.30. The van der Waals surface area contributed by atoms with Crippen molar-refractivity contribution in [3.05, 3.63) is 52.0 Å². The van der Waals surface area contributed by atoms with Crippen LogP contribution in [0.1, 0.15) is 5.76 Å². The Labute approximate surface area is 171 Å². The molecule has 2 aromatic rings. The molecule has 10 nitrogen and oxygen atoms in total. The smallest absolute Gasteiger partial charge is 0.433 e. The number of rotatable bonds is 6. The number of amides is 1. The van der Waals surface area contributed by atoms with Crippen LogP contribution in [0.25, 0.3) is 0 Å². The van der Waals surface area contributed by atoms with Gasteiger partial charge in [0.25, 0.3) is 0 Å². The highest BCUT2D eigenvalue weighted by atomic mass is 19.1. The maximum absolute atomic E-state index is 14.8. The van der Waals surface area contributed by atoms with Crippen molar-refractivity contribution in [1.82, 2.24) is 4.90 Å². The van der Waals surface area contributed by atoms with Gasteiger partial charge in [0, 0.05) is 32.7 Å². The fourth-order valence-corrected chi connectivity index (χ4v) is 3.69. The highest BCUT2D eigenvalue weighted by Gasteiger charge is 2.32. The van der Waals surface area contributed by atoms with Gasteiger partial charge in [0.1, 0.15) is 22.6 Å². The van der Waals surface area contributed by atoms with Crippen LogP contribution in [-0.2, 0) is 11.3 Å². The number of carbonyl (C=O) groups excluding carboxylic acids is 1. The Balaban J connectivity index is 1.36. The molecule has 0 spiro atoms. The summed E-state index contributed by atoms with van der Waals surface area (Å²) >= 11 is 0. The van der Waals surface area contributed by atoms with E-state index in [4.69, 9.17) is 14.9 Å². The van der Waals surface area contributed by atoms with E-state index in [0.717, 1.165) is 0 Å². The van der Waals surface area contributed by atoms with E-state index in [1.54, 1.807) is 18.2 Å². The van der Waals surface area contributed by atoms with Gasteiger partial charge in [0.15, 0.2) is 0 Å². The molecule has 3 heterocycles. The molecule has 1 unspecified atom stereocenters. The van der Waals surface area contributed by atoms with Crippen LogP contribution in [0.5, 0.6) is 0 Å². The number of piperazine rings is 1. The van der Waals surface area contributed by atoms with Crippen molar-refractivity contribution in [2.24, 2.45) is 5.73 Å². The van der Waals surface area contributed by atoms with Crippen molar-refractivity contribution in [2.45, 2.75) is 12.6 Å². The number of cyclic esters (lactones) is 1. The van der Waals surface area contributed by atoms with E-state index in [9.17, 15) is 19.3 Å². The van der Waals surface area contributed by atoms with Crippen molar-refractivity contribution in [3.8, 4) is 0 Å². The van der Waals surface area contributed by atoms with Gasteiger partial charge in [-0.3, -0.25) is 19.9 Å². The minimum atomic E-state index is -0.564. The molecule has 0 saturated carbocycles. The number of halogens is 1. The number of anilines is 2. The zero-order valence-corrected chi connectivity index (χ0v) is 16.2. The molecular formula is C19H22FN5O5. The van der Waals surface area contributed by atoms with Gasteiger partial charge in [-0.05, 0) is 24.3 Å². The van der Waals surface area contributed by atoms with Gasteiger partial charge in [-0.15, -0.1) is 0 Å². The molecule has 2 saturated heterocycles. The Morgan fingerprint density at radius 2 is 1.97 bits per heavy atom. The number of nitrogens with zero attached hydrogens (tertiary/aromatic N) is 4. The van der Waals surface area contributed by atoms with Crippen LogP contribution in [0.15, 0.2) is 34.7 Å². The van der Waals surface area contributed by atoms with Crippen LogP contribution in [-0.4, -0.2) is 61.3 Å². The molecule has 2 fully saturated rings. The second kappa shape index (κ2) is 8.28. The summed E-state index contributed by atoms with van der Waals surface area (Å²) in [6.45, 7) is 3.50. The van der Waals surface area contributed by atoms with Gasteiger partial charge < -0.3 is 19.8 Å². The molecule has 1 aromatic carbocycles. The lowest BCUT2D eigenvalue weighted by Gasteiger charge is -2.36. The average molecular weight is 419 g/mol. The second-order valence-corrected chi connectivity index (χ2v) is 7.25. The largest absolute Gasteiger partial charge is 0.443 e. The third-order valence-corrected chi connectivity index (χ3v) is 5.30. The normalized spacial score (nSPS) is 19.9. The van der Waals surface area contributed by atoms with Crippen molar-refractivity contribution in [3.63, 3.8) is 0 Å². The third kappa shape index (κ3) is 4.07. The first-order chi connectivity index (χ1) is 14.4. The number of hydrogen-bond donors (Lipinski definition) is 1. The van der Waals surface area contributed by atoms with Crippen molar-refractivity contribution < 1.29 is 23.3 Å². The van der Waals surface area contributed by atoms with Gasteiger partial charge in [-0.2, -0.15) is 0 Å². The monoisotopic (exact) mass is 419 g/mol. The van der Waals surface area contributed by atoms with E-state index < -0.39 is 16.8 Å². The minimum absolute atomic E-state index is 0.221. The molecule has 1 aromatic heterocycles. The van der Waals surface area contributed by atoms with Gasteiger partial charge in [-0.25, -0.2) is 9.18 Å². The van der Waals surface area contributed by atoms with Gasteiger partial charge >= 0.3 is 12.0 Å². The van der Waals surface area contributed by atoms with Gasteiger partial charge in [0.05, 0.1) is 30.5 Å². The van der Waals surface area contributed by atoms with Crippen molar-refractivity contribution in [2.75, 3.05) is 49.1 Å². The Kier molecular flexibility index (Phi) is 5.55. The van der Waals surface area contributed by atoms with E-state index >= 15 is 0 Å². The molecular weight excluding hydrogens is 397 g/mol. The molecule has 160 valence electrons. The highest BCUT2D eigenvalue weighted by Crippen LogP contribution is 2.28. The molecule has 0 bridgehead atoms. The van der Waals surface area contributed by atoms with Crippen LogP contribution < -0.4 is 15.5 Å². The molecule has 2 N–H and O–H groups in total. The Morgan fingerprint density at radius 1 is 1.20 bits per heavy atom. The lowest BCUT2D eigenvalue weighted by Crippen LogP contribution is -2.46. The Hall–Kier alpha value is -3.18. The molecule has 11 heteroatoms. The van der Waals surface area contributed by atoms with E-state index in [1.807, 2.05) is 4.90 Å². The van der Waals surface area contributed by atoms with Crippen molar-refractivity contribution in [1.29, 1.82) is 0 Å². The molecule has 2 aliphatic heterocycles. The predicted octanol–water partition coefficient (Wildman–Crippen LogP) is 1.93. The van der Waals surface area contributed by atoms with Crippen LogP contribution in [0, 0.1) is 15.9 Å². The van der Waals surface area contributed by atoms with Crippen LogP contribution in [0.3, 0.4) is 0 Å². The predicted molar refractivity (Wildman–Crippen MR) is 106 cm³/mol. The zero-order chi connectivity index (χ0) is 21.3. The number of carbonyl (C=O) groups is 1. The topological polar surface area (TPSA) is 118 Å². The first-order valence-corrected chi connectivity index (χ1v) is 9.63. The highest BCUT2D eigenvalue weighted by molar-refractivity contribution is 5.90. The fourth-order valence-electron chi connectivity index (χ4n) is 3.69. The quantitative estimate of drug-likeness (QED) is 0.557. The lowest BCUT2D eigenvalue weighted by molar-refractivity contribution is -0.402. The summed E-state index contributed by atoms with van der Waals surface area (Å²) in [5.74, 6) is -0.156. The number of nitrogens with two attached hydrogens (primary N) is 1. The van der Waals surface area contributed by atoms with Crippen LogP contribution in [0.4, 0.5) is 26.4 Å². The minimum Gasteiger partial charge on any atom is -0.443 e. The van der Waals surface area contributed by atoms with Gasteiger partial charge in [-0.1, -0.05) is 0 Å². The molecule has 1 amide bonds. The number of benzene rings is 1. The molecule has 30 heavy (non-hydrogen) atoms. The van der Waals surface area contributed by atoms with Gasteiger partial charge in [0.2, 0.25) is 0 Å². The second-order valence-electron chi connectivity index (χ2n) is 7.25. The summed E-state index contributed by atoms with van der Waals surface area (Å²) in [7, 11) is 0. The number of nitro groups is 1. The average Bonchev–Trinajstić information content (AvgIpc) is 3.35. The first kappa shape index (κ1) is 20.1. The molecule has 0 aliphatic carbocycles. The summed E-state index contributed by atoms with van der Waals surface area (Å²) in [6.07, 6.45) is -0.909. The molecule has 1 atom stereocenters. The maximum atomic E-state index is 14.8. The van der Waals surface area contributed by atoms with Crippen LogP contribution in [0.2, 0.25) is 0 Å². The molecule has 0 radical (unpaired) electrons. The van der Waals surface area contributed by atoms with E-state index in [1.165, 1.54) is 17.0 Å². The zero-order valence-electron chi connectivity index (χ0n) is 16.2. The van der Waals surface area contributed by atoms with E-state index in [2.05, 4.69) is 4.90 Å². The van der Waals surface area contributed by atoms with Crippen LogP contribution >= 0.6 is 0 Å². The number of hydrogen-bond acceptors (Lipinski definition) is 8.